The minimum absolute atomic E-state index is 0.339. The Morgan fingerprint density at radius 1 is 1.25 bits per heavy atom. The highest BCUT2D eigenvalue weighted by atomic mass is 32.2. The number of rotatable bonds is 2. The van der Waals surface area contributed by atoms with E-state index in [-0.39, 0.29) is 0 Å². The number of methoxy groups -OCH3 is 1. The van der Waals surface area contributed by atoms with Crippen molar-refractivity contribution in [2.45, 2.75) is 38.9 Å². The van der Waals surface area contributed by atoms with Gasteiger partial charge in [0.2, 0.25) is 0 Å². The second kappa shape index (κ2) is 3.99. The molecule has 1 aromatic carbocycles. The standard InChI is InChI=1S/C14H20OS/c1-9-8-12(14(4)6-7-16-14)10(2)11(3)13(9)15-5/h8H,6-7H2,1-5H3. The van der Waals surface area contributed by atoms with Gasteiger partial charge in [0.05, 0.1) is 7.11 Å². The van der Waals surface area contributed by atoms with Crippen LogP contribution in [0.15, 0.2) is 6.07 Å². The molecule has 1 fully saturated rings. The molecule has 2 heteroatoms. The van der Waals surface area contributed by atoms with E-state index in [1.807, 2.05) is 0 Å². The van der Waals surface area contributed by atoms with E-state index >= 15 is 0 Å². The lowest BCUT2D eigenvalue weighted by Crippen LogP contribution is -2.29. The Balaban J connectivity index is 2.56. The van der Waals surface area contributed by atoms with Crippen molar-refractivity contribution in [2.24, 2.45) is 0 Å². The molecule has 1 atom stereocenters. The van der Waals surface area contributed by atoms with E-state index in [2.05, 4.69) is 45.5 Å². The van der Waals surface area contributed by atoms with Gasteiger partial charge in [0.25, 0.3) is 0 Å². The monoisotopic (exact) mass is 236 g/mol. The number of benzene rings is 1. The fourth-order valence-electron chi connectivity index (χ4n) is 2.54. The predicted octanol–water partition coefficient (Wildman–Crippen LogP) is 3.97. The van der Waals surface area contributed by atoms with Gasteiger partial charge >= 0.3 is 0 Å². The molecule has 1 aliphatic heterocycles. The first-order valence-corrected chi connectivity index (χ1v) is 6.77. The van der Waals surface area contributed by atoms with E-state index in [0.29, 0.717) is 4.75 Å². The molecule has 0 spiro atoms. The Bertz CT molecular complexity index is 419. The lowest BCUT2D eigenvalue weighted by Gasteiger charge is -2.40. The van der Waals surface area contributed by atoms with Gasteiger partial charge in [-0.1, -0.05) is 6.07 Å². The molecular formula is C14H20OS. The van der Waals surface area contributed by atoms with E-state index in [1.165, 1.54) is 34.4 Å². The summed E-state index contributed by atoms with van der Waals surface area (Å²) in [5.74, 6) is 2.34. The fourth-order valence-corrected chi connectivity index (χ4v) is 3.73. The van der Waals surface area contributed by atoms with Gasteiger partial charge < -0.3 is 4.74 Å². The highest BCUT2D eigenvalue weighted by Gasteiger charge is 2.36. The minimum atomic E-state index is 0.339. The van der Waals surface area contributed by atoms with Crippen molar-refractivity contribution in [3.05, 3.63) is 28.3 Å². The zero-order chi connectivity index (χ0) is 11.9. The Kier molecular flexibility index (Phi) is 2.95. The summed E-state index contributed by atoms with van der Waals surface area (Å²) >= 11 is 2.06. The number of ether oxygens (including phenoxy) is 1. The van der Waals surface area contributed by atoms with Gasteiger partial charge in [-0.25, -0.2) is 0 Å². The largest absolute Gasteiger partial charge is 0.496 e. The van der Waals surface area contributed by atoms with Crippen molar-refractivity contribution in [3.63, 3.8) is 0 Å². The maximum Gasteiger partial charge on any atom is 0.124 e. The fraction of sp³-hybridized carbons (Fsp3) is 0.571. The maximum atomic E-state index is 5.47. The molecule has 1 unspecified atom stereocenters. The molecule has 1 heterocycles. The van der Waals surface area contributed by atoms with Crippen LogP contribution in [-0.2, 0) is 4.75 Å². The second-order valence-corrected chi connectivity index (χ2v) is 6.45. The van der Waals surface area contributed by atoms with Crippen LogP contribution in [0.3, 0.4) is 0 Å². The Labute approximate surface area is 103 Å². The van der Waals surface area contributed by atoms with Crippen LogP contribution < -0.4 is 4.74 Å². The molecule has 0 N–H and O–H groups in total. The highest BCUT2D eigenvalue weighted by Crippen LogP contribution is 2.51. The SMILES string of the molecule is COc1c(C)cc(C2(C)CCS2)c(C)c1C. The molecule has 88 valence electrons. The van der Waals surface area contributed by atoms with Crippen LogP contribution >= 0.6 is 11.8 Å². The molecule has 1 aromatic rings. The first kappa shape index (κ1) is 11.8. The quantitative estimate of drug-likeness (QED) is 0.768. The molecule has 1 aliphatic rings. The number of thioether (sulfide) groups is 1. The van der Waals surface area contributed by atoms with Crippen molar-refractivity contribution < 1.29 is 4.74 Å². The molecule has 0 amide bonds. The lowest BCUT2D eigenvalue weighted by molar-refractivity contribution is 0.407. The molecule has 0 aliphatic carbocycles. The van der Waals surface area contributed by atoms with E-state index < -0.39 is 0 Å². The molecular weight excluding hydrogens is 216 g/mol. The molecule has 0 bridgehead atoms. The third-order valence-corrected chi connectivity index (χ3v) is 5.27. The van der Waals surface area contributed by atoms with Crippen molar-refractivity contribution in [2.75, 3.05) is 12.9 Å². The average Bonchev–Trinajstić information content (AvgIpc) is 2.21. The average molecular weight is 236 g/mol. The molecule has 0 saturated carbocycles. The maximum absolute atomic E-state index is 5.47. The molecule has 1 saturated heterocycles. The van der Waals surface area contributed by atoms with Gasteiger partial charge in [-0.2, -0.15) is 11.8 Å². The molecule has 0 radical (unpaired) electrons. The van der Waals surface area contributed by atoms with Crippen molar-refractivity contribution in [3.8, 4) is 5.75 Å². The van der Waals surface area contributed by atoms with E-state index in [4.69, 9.17) is 4.74 Å². The van der Waals surface area contributed by atoms with Crippen LogP contribution in [0, 0.1) is 20.8 Å². The second-order valence-electron chi connectivity index (χ2n) is 4.85. The van der Waals surface area contributed by atoms with Crippen molar-refractivity contribution in [1.82, 2.24) is 0 Å². The Morgan fingerprint density at radius 3 is 2.31 bits per heavy atom. The van der Waals surface area contributed by atoms with E-state index in [9.17, 15) is 0 Å². The van der Waals surface area contributed by atoms with Crippen LogP contribution in [0.4, 0.5) is 0 Å². The highest BCUT2D eigenvalue weighted by molar-refractivity contribution is 8.01. The molecule has 1 nitrogen and oxygen atoms in total. The third kappa shape index (κ3) is 1.64. The molecule has 0 aromatic heterocycles. The summed E-state index contributed by atoms with van der Waals surface area (Å²) in [7, 11) is 1.76. The van der Waals surface area contributed by atoms with Crippen molar-refractivity contribution >= 4 is 11.8 Å². The van der Waals surface area contributed by atoms with Crippen LogP contribution in [0.2, 0.25) is 0 Å². The van der Waals surface area contributed by atoms with Crippen LogP contribution in [-0.4, -0.2) is 12.9 Å². The molecule has 16 heavy (non-hydrogen) atoms. The first-order valence-electron chi connectivity index (χ1n) is 5.79. The third-order valence-electron chi connectivity index (χ3n) is 3.80. The van der Waals surface area contributed by atoms with Gasteiger partial charge in [0.15, 0.2) is 0 Å². The Hall–Kier alpha value is -0.630. The summed E-state index contributed by atoms with van der Waals surface area (Å²) < 4.78 is 5.81. The summed E-state index contributed by atoms with van der Waals surface area (Å²) in [6.45, 7) is 8.88. The van der Waals surface area contributed by atoms with Gasteiger partial charge in [-0.3, -0.25) is 0 Å². The first-order chi connectivity index (χ1) is 7.49. The van der Waals surface area contributed by atoms with Gasteiger partial charge in [0, 0.05) is 4.75 Å². The van der Waals surface area contributed by atoms with Gasteiger partial charge in [-0.05, 0) is 62.1 Å². The van der Waals surface area contributed by atoms with E-state index in [1.54, 1.807) is 7.11 Å². The summed E-state index contributed by atoms with van der Waals surface area (Å²) in [5.41, 5.74) is 5.46. The Morgan fingerprint density at radius 2 is 1.88 bits per heavy atom. The van der Waals surface area contributed by atoms with Crippen LogP contribution in [0.25, 0.3) is 0 Å². The summed E-state index contributed by atoms with van der Waals surface area (Å²) in [6, 6.07) is 2.31. The summed E-state index contributed by atoms with van der Waals surface area (Å²) in [5, 5.41) is 0. The number of aryl methyl sites for hydroxylation is 1. The normalized spacial score (nSPS) is 24.1. The van der Waals surface area contributed by atoms with Gasteiger partial charge in [0.1, 0.15) is 5.75 Å². The molecule has 2 rings (SSSR count). The van der Waals surface area contributed by atoms with E-state index in [0.717, 1.165) is 5.75 Å². The zero-order valence-electron chi connectivity index (χ0n) is 10.8. The van der Waals surface area contributed by atoms with Gasteiger partial charge in [-0.15, -0.1) is 0 Å². The number of hydrogen-bond acceptors (Lipinski definition) is 2. The minimum Gasteiger partial charge on any atom is -0.496 e. The summed E-state index contributed by atoms with van der Waals surface area (Å²) in [4.78, 5) is 0. The zero-order valence-corrected chi connectivity index (χ0v) is 11.6. The predicted molar refractivity (Wildman–Crippen MR) is 71.6 cm³/mol. The lowest BCUT2D eigenvalue weighted by atomic mass is 9.88. The van der Waals surface area contributed by atoms with Crippen molar-refractivity contribution in [1.29, 1.82) is 0 Å². The number of hydrogen-bond donors (Lipinski definition) is 0. The van der Waals surface area contributed by atoms with Crippen LogP contribution in [0.5, 0.6) is 5.75 Å². The summed E-state index contributed by atoms with van der Waals surface area (Å²) in [6.07, 6.45) is 1.30. The van der Waals surface area contributed by atoms with Crippen LogP contribution in [0.1, 0.15) is 35.6 Å². The smallest absolute Gasteiger partial charge is 0.124 e. The topological polar surface area (TPSA) is 9.23 Å².